The van der Waals surface area contributed by atoms with E-state index in [1.807, 2.05) is 0 Å². The number of rotatable bonds is 2. The van der Waals surface area contributed by atoms with E-state index < -0.39 is 0 Å². The smallest absolute Gasteiger partial charge is 0.737 e. The minimum absolute atomic E-state index is 0. The van der Waals surface area contributed by atoms with Crippen molar-refractivity contribution in [2.24, 2.45) is 5.28 Å². The maximum Gasteiger partial charge on any atom is 1.00 e. The third kappa shape index (κ3) is 3.30. The molecule has 6 nitrogen and oxygen atoms in total. The molecule has 1 N–H and O–H groups in total. The second-order valence-electron chi connectivity index (χ2n) is 2.83. The number of nitrogens with zero attached hydrogens (tertiary/aromatic N) is 3. The molecule has 1 heterocycles. The molecule has 0 radical (unpaired) electrons. The van der Waals surface area contributed by atoms with Gasteiger partial charge in [-0.3, -0.25) is 0 Å². The zero-order valence-electron chi connectivity index (χ0n) is 7.72. The second-order valence-corrected chi connectivity index (χ2v) is 2.83. The molecule has 0 spiro atoms. The van der Waals surface area contributed by atoms with Gasteiger partial charge in [-0.05, 0) is 24.5 Å². The van der Waals surface area contributed by atoms with E-state index in [0.29, 0.717) is 6.54 Å². The monoisotopic (exact) mass is 197 g/mol. The second kappa shape index (κ2) is 6.42. The van der Waals surface area contributed by atoms with Crippen molar-refractivity contribution in [2.75, 3.05) is 13.2 Å². The first-order valence-electron chi connectivity index (χ1n) is 3.97. The van der Waals surface area contributed by atoms with Crippen LogP contribution in [0.3, 0.4) is 0 Å². The molecule has 0 aromatic carbocycles. The molecule has 1 fully saturated rings. The van der Waals surface area contributed by atoms with E-state index in [1.54, 1.807) is 0 Å². The summed E-state index contributed by atoms with van der Waals surface area (Å²) in [5.41, 5.74) is 0. The van der Waals surface area contributed by atoms with Crippen LogP contribution in [0.25, 0.3) is 0 Å². The van der Waals surface area contributed by atoms with E-state index in [0.717, 1.165) is 19.3 Å². The van der Waals surface area contributed by atoms with Crippen molar-refractivity contribution in [3.05, 3.63) is 10.4 Å². The zero-order valence-corrected chi connectivity index (χ0v) is 9.72. The summed E-state index contributed by atoms with van der Waals surface area (Å²) in [4.78, 5) is 0.0278. The van der Waals surface area contributed by atoms with Crippen molar-refractivity contribution >= 4 is 0 Å². The Morgan fingerprint density at radius 2 is 2.23 bits per heavy atom. The number of hydrazine groups is 1. The van der Waals surface area contributed by atoms with E-state index >= 15 is 0 Å². The molecule has 7 heteroatoms. The first-order valence-corrected chi connectivity index (χ1v) is 3.97. The summed E-state index contributed by atoms with van der Waals surface area (Å²) in [5.74, 6) is 0. The zero-order chi connectivity index (χ0) is 8.97. The van der Waals surface area contributed by atoms with Crippen LogP contribution < -0.4 is 29.6 Å². The topological polar surface area (TPSA) is 85.0 Å². The third-order valence-corrected chi connectivity index (χ3v) is 2.10. The van der Waals surface area contributed by atoms with Crippen LogP contribution in [0.4, 0.5) is 0 Å². The molecule has 1 saturated heterocycles. The van der Waals surface area contributed by atoms with E-state index in [9.17, 15) is 10.4 Å². The third-order valence-electron chi connectivity index (χ3n) is 2.10. The van der Waals surface area contributed by atoms with Gasteiger partial charge in [-0.2, -0.15) is 0 Å². The predicted molar refractivity (Wildman–Crippen MR) is 40.9 cm³/mol. The van der Waals surface area contributed by atoms with Gasteiger partial charge >= 0.3 is 29.6 Å². The Morgan fingerprint density at radius 1 is 1.54 bits per heavy atom. The number of aliphatic hydroxyl groups excluding tert-OH is 1. The quantitative estimate of drug-likeness (QED) is 0.224. The molecular formula is C6H12N3NaO3. The van der Waals surface area contributed by atoms with Crippen LogP contribution in [0.5, 0.6) is 0 Å². The van der Waals surface area contributed by atoms with Crippen molar-refractivity contribution in [3.63, 3.8) is 0 Å². The average Bonchev–Trinajstić information content (AvgIpc) is 2.16. The predicted octanol–water partition coefficient (Wildman–Crippen LogP) is -2.79. The number of hydrogen-bond acceptors (Lipinski definition) is 4. The van der Waals surface area contributed by atoms with Crippen molar-refractivity contribution in [1.29, 1.82) is 0 Å². The van der Waals surface area contributed by atoms with Crippen LogP contribution in [0.2, 0.25) is 0 Å². The van der Waals surface area contributed by atoms with Crippen LogP contribution >= 0.6 is 0 Å². The summed E-state index contributed by atoms with van der Waals surface area (Å²) in [5, 5.41) is 33.1. The normalized spacial score (nSPS) is 23.9. The average molecular weight is 197 g/mol. The molecule has 0 aromatic heterocycles. The first-order chi connectivity index (χ1) is 5.79. The minimum Gasteiger partial charge on any atom is -0.737 e. The van der Waals surface area contributed by atoms with Crippen molar-refractivity contribution < 1.29 is 39.6 Å². The van der Waals surface area contributed by atoms with Crippen molar-refractivity contribution in [3.8, 4) is 0 Å². The molecule has 1 aliphatic heterocycles. The fourth-order valence-corrected chi connectivity index (χ4v) is 1.44. The molecule has 13 heavy (non-hydrogen) atoms. The number of hydrogen-bond donors (Lipinski definition) is 1. The van der Waals surface area contributed by atoms with Crippen LogP contribution in [0, 0.1) is 10.4 Å². The van der Waals surface area contributed by atoms with Crippen LogP contribution in [-0.2, 0) is 0 Å². The van der Waals surface area contributed by atoms with Crippen molar-refractivity contribution in [2.45, 2.75) is 25.3 Å². The number of aliphatic hydroxyl groups is 1. The Kier molecular flexibility index (Phi) is 6.40. The Morgan fingerprint density at radius 3 is 2.77 bits per heavy atom. The van der Waals surface area contributed by atoms with Crippen LogP contribution in [-0.4, -0.2) is 34.3 Å². The molecule has 1 rings (SSSR count). The summed E-state index contributed by atoms with van der Waals surface area (Å²) in [7, 11) is 0. The van der Waals surface area contributed by atoms with E-state index in [2.05, 4.69) is 5.28 Å². The van der Waals surface area contributed by atoms with E-state index in [4.69, 9.17) is 5.11 Å². The largest absolute Gasteiger partial charge is 1.00 e. The van der Waals surface area contributed by atoms with Gasteiger partial charge in [-0.1, -0.05) is 0 Å². The fraction of sp³-hybridized carbons (Fsp3) is 1.00. The summed E-state index contributed by atoms with van der Waals surface area (Å²) in [6.07, 6.45) is 2.59. The van der Waals surface area contributed by atoms with Gasteiger partial charge in [0.15, 0.2) is 0 Å². The van der Waals surface area contributed by atoms with Crippen LogP contribution in [0.15, 0.2) is 5.28 Å². The molecular weight excluding hydrogens is 185 g/mol. The molecule has 0 bridgehead atoms. The van der Waals surface area contributed by atoms with E-state index in [-0.39, 0.29) is 47.2 Å². The summed E-state index contributed by atoms with van der Waals surface area (Å²) in [6, 6.07) is -0.242. The van der Waals surface area contributed by atoms with Gasteiger partial charge in [-0.15, -0.1) is 5.01 Å². The Hall–Kier alpha value is -0.0400. The van der Waals surface area contributed by atoms with Crippen LogP contribution in [0.1, 0.15) is 19.3 Å². The van der Waals surface area contributed by atoms with Gasteiger partial charge < -0.3 is 15.5 Å². The summed E-state index contributed by atoms with van der Waals surface area (Å²) >= 11 is 0. The molecule has 70 valence electrons. The van der Waals surface area contributed by atoms with Gasteiger partial charge in [0.25, 0.3) is 0 Å². The first kappa shape index (κ1) is 13.0. The summed E-state index contributed by atoms with van der Waals surface area (Å²) in [6.45, 7) is 0.398. The molecule has 0 amide bonds. The van der Waals surface area contributed by atoms with E-state index in [1.165, 1.54) is 5.01 Å². The van der Waals surface area contributed by atoms with Gasteiger partial charge in [0.05, 0.1) is 13.2 Å². The molecule has 0 saturated carbocycles. The standard InChI is InChI=1S/C6H13N3O3.Na/c10-5-6-3-1-2-4-8(6)9(12)7-11;/h6,10-11H,1-5H2;/q;+1/p-1/b9-7-;. The van der Waals surface area contributed by atoms with Gasteiger partial charge in [0.1, 0.15) is 6.04 Å². The fourth-order valence-electron chi connectivity index (χ4n) is 1.44. The maximum atomic E-state index is 10.8. The van der Waals surface area contributed by atoms with Gasteiger partial charge in [0, 0.05) is 4.97 Å². The Bertz CT molecular complexity index is 179. The maximum absolute atomic E-state index is 10.8. The minimum atomic E-state index is -0.242. The molecule has 1 unspecified atom stereocenters. The van der Waals surface area contributed by atoms with Crippen molar-refractivity contribution in [1.82, 2.24) is 5.01 Å². The summed E-state index contributed by atoms with van der Waals surface area (Å²) < 4.78 is 0. The Balaban J connectivity index is 0.00000144. The van der Waals surface area contributed by atoms with Gasteiger partial charge in [0.2, 0.25) is 0 Å². The SMILES string of the molecule is [Na+].[O-]/N=[N+](\[O-])N1CCCCC1CO. The Labute approximate surface area is 98.6 Å². The molecule has 0 aliphatic carbocycles. The van der Waals surface area contributed by atoms with Gasteiger partial charge in [-0.25, -0.2) is 0 Å². The molecule has 0 aromatic rings. The molecule has 1 aliphatic rings. The molecule has 1 atom stereocenters. The number of piperidine rings is 1.